The molecule has 0 aliphatic rings. The molecule has 0 aliphatic carbocycles. The van der Waals surface area contributed by atoms with Crippen molar-refractivity contribution in [2.75, 3.05) is 0 Å². The van der Waals surface area contributed by atoms with Crippen LogP contribution in [-0.2, 0) is 19.6 Å². The fourth-order valence-electron chi connectivity index (χ4n) is 3.86. The lowest BCUT2D eigenvalue weighted by Crippen LogP contribution is -2.17. The minimum Gasteiger partial charge on any atom is -0.504 e. The van der Waals surface area contributed by atoms with Crippen LogP contribution >= 0.6 is 0 Å². The minimum absolute atomic E-state index is 0.103. The molecule has 32 heavy (non-hydrogen) atoms. The van der Waals surface area contributed by atoms with E-state index < -0.39 is 0 Å². The highest BCUT2D eigenvalue weighted by Gasteiger charge is 2.19. The molecule has 5 heteroatoms. The molecule has 0 saturated heterocycles. The van der Waals surface area contributed by atoms with Gasteiger partial charge in [0, 0.05) is 30.8 Å². The lowest BCUT2D eigenvalue weighted by atomic mass is 10.1. The SMILES string of the molecule is CCCCn1c(-c2ccccc2)nc(-c2ccccc2)c1CNCc1ccc(O)c(O)c1. The minimum atomic E-state index is -0.106. The van der Waals surface area contributed by atoms with Crippen molar-refractivity contribution in [3.8, 4) is 34.1 Å². The maximum atomic E-state index is 9.79. The summed E-state index contributed by atoms with van der Waals surface area (Å²) in [6.07, 6.45) is 2.18. The van der Waals surface area contributed by atoms with Crippen LogP contribution in [0.15, 0.2) is 78.9 Å². The monoisotopic (exact) mass is 427 g/mol. The first-order valence-corrected chi connectivity index (χ1v) is 11.1. The summed E-state index contributed by atoms with van der Waals surface area (Å²) >= 11 is 0. The number of nitrogens with zero attached hydrogens (tertiary/aromatic N) is 2. The molecule has 0 radical (unpaired) electrons. The smallest absolute Gasteiger partial charge is 0.157 e. The van der Waals surface area contributed by atoms with Crippen molar-refractivity contribution in [3.63, 3.8) is 0 Å². The normalized spacial score (nSPS) is 11.0. The summed E-state index contributed by atoms with van der Waals surface area (Å²) in [7, 11) is 0. The van der Waals surface area contributed by atoms with Gasteiger partial charge in [0.15, 0.2) is 11.5 Å². The van der Waals surface area contributed by atoms with Gasteiger partial charge in [-0.15, -0.1) is 0 Å². The van der Waals surface area contributed by atoms with Gasteiger partial charge in [-0.1, -0.05) is 80.1 Å². The molecular formula is C27H29N3O2. The molecule has 0 amide bonds. The Morgan fingerprint density at radius 3 is 2.16 bits per heavy atom. The second kappa shape index (κ2) is 10.2. The zero-order chi connectivity index (χ0) is 22.3. The number of imidazole rings is 1. The van der Waals surface area contributed by atoms with Gasteiger partial charge in [-0.05, 0) is 24.1 Å². The van der Waals surface area contributed by atoms with Crippen molar-refractivity contribution in [1.29, 1.82) is 0 Å². The van der Waals surface area contributed by atoms with Crippen LogP contribution in [0.3, 0.4) is 0 Å². The van der Waals surface area contributed by atoms with Crippen LogP contribution < -0.4 is 5.32 Å². The molecule has 4 aromatic rings. The fourth-order valence-corrected chi connectivity index (χ4v) is 3.86. The quantitative estimate of drug-likeness (QED) is 0.299. The summed E-state index contributed by atoms with van der Waals surface area (Å²) in [5.41, 5.74) is 5.24. The number of hydrogen-bond acceptors (Lipinski definition) is 4. The predicted molar refractivity (Wildman–Crippen MR) is 128 cm³/mol. The van der Waals surface area contributed by atoms with Gasteiger partial charge >= 0.3 is 0 Å². The van der Waals surface area contributed by atoms with E-state index in [0.29, 0.717) is 13.1 Å². The molecule has 0 unspecified atom stereocenters. The Labute approximate surface area is 189 Å². The van der Waals surface area contributed by atoms with Crippen molar-refractivity contribution in [2.24, 2.45) is 0 Å². The first-order chi connectivity index (χ1) is 15.7. The molecule has 3 N–H and O–H groups in total. The Bertz CT molecular complexity index is 1150. The van der Waals surface area contributed by atoms with Gasteiger partial charge in [-0.3, -0.25) is 0 Å². The Hall–Kier alpha value is -3.57. The van der Waals surface area contributed by atoms with E-state index >= 15 is 0 Å². The summed E-state index contributed by atoms with van der Waals surface area (Å²) in [4.78, 5) is 5.10. The summed E-state index contributed by atoms with van der Waals surface area (Å²) in [6.45, 7) is 4.31. The maximum Gasteiger partial charge on any atom is 0.157 e. The van der Waals surface area contributed by atoms with Crippen LogP contribution in [0.25, 0.3) is 22.6 Å². The van der Waals surface area contributed by atoms with Crippen molar-refractivity contribution in [1.82, 2.24) is 14.9 Å². The predicted octanol–water partition coefficient (Wildman–Crippen LogP) is 5.72. The average molecular weight is 428 g/mol. The molecule has 0 fully saturated rings. The molecule has 0 spiro atoms. The highest BCUT2D eigenvalue weighted by atomic mass is 16.3. The number of benzene rings is 3. The van der Waals surface area contributed by atoms with E-state index in [1.807, 2.05) is 42.5 Å². The molecule has 1 heterocycles. The first-order valence-electron chi connectivity index (χ1n) is 11.1. The van der Waals surface area contributed by atoms with Crippen LogP contribution in [0.2, 0.25) is 0 Å². The Kier molecular flexibility index (Phi) is 6.87. The maximum absolute atomic E-state index is 9.79. The average Bonchev–Trinajstić information content (AvgIpc) is 3.19. The topological polar surface area (TPSA) is 70.3 Å². The highest BCUT2D eigenvalue weighted by Crippen LogP contribution is 2.30. The molecule has 4 rings (SSSR count). The van der Waals surface area contributed by atoms with Crippen LogP contribution in [-0.4, -0.2) is 19.8 Å². The lowest BCUT2D eigenvalue weighted by molar-refractivity contribution is 0.403. The largest absolute Gasteiger partial charge is 0.504 e. The van der Waals surface area contributed by atoms with E-state index in [2.05, 4.69) is 41.1 Å². The van der Waals surface area contributed by atoms with E-state index in [4.69, 9.17) is 4.98 Å². The fraction of sp³-hybridized carbons (Fsp3) is 0.222. The third kappa shape index (κ3) is 4.84. The summed E-state index contributed by atoms with van der Waals surface area (Å²) in [6, 6.07) is 25.5. The number of phenols is 2. The van der Waals surface area contributed by atoms with Crippen LogP contribution in [0.4, 0.5) is 0 Å². The van der Waals surface area contributed by atoms with Crippen molar-refractivity contribution >= 4 is 0 Å². The number of unbranched alkanes of at least 4 members (excludes halogenated alkanes) is 1. The molecule has 0 atom stereocenters. The number of aromatic hydroxyl groups is 2. The second-order valence-electron chi connectivity index (χ2n) is 7.89. The summed E-state index contributed by atoms with van der Waals surface area (Å²) < 4.78 is 2.34. The van der Waals surface area contributed by atoms with Crippen LogP contribution in [0, 0.1) is 0 Å². The number of rotatable bonds is 9. The molecule has 164 valence electrons. The van der Waals surface area contributed by atoms with Gasteiger partial charge in [0.05, 0.1) is 11.4 Å². The summed E-state index contributed by atoms with van der Waals surface area (Å²) in [5, 5.41) is 22.8. The second-order valence-corrected chi connectivity index (χ2v) is 7.89. The molecule has 0 bridgehead atoms. The van der Waals surface area contributed by atoms with Gasteiger partial charge in [0.25, 0.3) is 0 Å². The van der Waals surface area contributed by atoms with E-state index in [-0.39, 0.29) is 11.5 Å². The van der Waals surface area contributed by atoms with Crippen LogP contribution in [0.1, 0.15) is 31.0 Å². The third-order valence-electron chi connectivity index (χ3n) is 5.55. The van der Waals surface area contributed by atoms with Crippen molar-refractivity contribution < 1.29 is 10.2 Å². The number of phenolic OH excluding ortho intramolecular Hbond substituents is 2. The molecule has 0 aliphatic heterocycles. The van der Waals surface area contributed by atoms with E-state index in [1.54, 1.807) is 6.07 Å². The van der Waals surface area contributed by atoms with Crippen LogP contribution in [0.5, 0.6) is 11.5 Å². The van der Waals surface area contributed by atoms with Crippen molar-refractivity contribution in [2.45, 2.75) is 39.4 Å². The molecular weight excluding hydrogens is 398 g/mol. The lowest BCUT2D eigenvalue weighted by Gasteiger charge is -2.14. The number of aromatic nitrogens is 2. The van der Waals surface area contributed by atoms with Gasteiger partial charge in [0.1, 0.15) is 5.82 Å². The first kappa shape index (κ1) is 21.7. The van der Waals surface area contributed by atoms with E-state index in [9.17, 15) is 10.2 Å². The molecule has 1 aromatic heterocycles. The van der Waals surface area contributed by atoms with Gasteiger partial charge < -0.3 is 20.1 Å². The Morgan fingerprint density at radius 1 is 0.812 bits per heavy atom. The Balaban J connectivity index is 1.70. The standard InChI is InChI=1S/C27H29N3O2/c1-2-3-16-30-23(19-28-18-20-14-15-24(31)25(32)17-20)26(21-10-6-4-7-11-21)29-27(30)22-12-8-5-9-13-22/h4-15,17,28,31-32H,2-3,16,18-19H2,1H3. The molecule has 5 nitrogen and oxygen atoms in total. The van der Waals surface area contributed by atoms with Gasteiger partial charge in [-0.25, -0.2) is 4.98 Å². The van der Waals surface area contributed by atoms with E-state index in [0.717, 1.165) is 53.3 Å². The third-order valence-corrected chi connectivity index (χ3v) is 5.55. The molecule has 0 saturated carbocycles. The summed E-state index contributed by atoms with van der Waals surface area (Å²) in [5.74, 6) is 0.774. The van der Waals surface area contributed by atoms with E-state index in [1.165, 1.54) is 6.07 Å². The highest BCUT2D eigenvalue weighted by molar-refractivity contribution is 5.68. The Morgan fingerprint density at radius 2 is 1.50 bits per heavy atom. The number of nitrogens with one attached hydrogen (secondary N) is 1. The molecule has 3 aromatic carbocycles. The van der Waals surface area contributed by atoms with Gasteiger partial charge in [0.2, 0.25) is 0 Å². The van der Waals surface area contributed by atoms with Crippen molar-refractivity contribution in [3.05, 3.63) is 90.1 Å². The zero-order valence-corrected chi connectivity index (χ0v) is 18.3. The zero-order valence-electron chi connectivity index (χ0n) is 18.3. The number of hydrogen-bond donors (Lipinski definition) is 3. The van der Waals surface area contributed by atoms with Gasteiger partial charge in [-0.2, -0.15) is 0 Å².